The number of amides is 1. The lowest BCUT2D eigenvalue weighted by Crippen LogP contribution is -2.66. The summed E-state index contributed by atoms with van der Waals surface area (Å²) in [5, 5.41) is 0.399. The molecular formula is C32H27NO8S. The maximum atomic E-state index is 13.5. The number of fused-ring (bicyclic) bond motifs is 2. The molecule has 0 aliphatic carbocycles. The van der Waals surface area contributed by atoms with Crippen LogP contribution in [0.4, 0.5) is 0 Å². The maximum absolute atomic E-state index is 13.5. The molecule has 9 nitrogen and oxygen atoms in total. The van der Waals surface area contributed by atoms with Crippen molar-refractivity contribution in [3.63, 3.8) is 0 Å². The number of hydrogen-bond donors (Lipinski definition) is 0. The molecule has 6 rings (SSSR count). The van der Waals surface area contributed by atoms with Gasteiger partial charge in [0, 0.05) is 28.8 Å². The van der Waals surface area contributed by atoms with Crippen LogP contribution in [-0.4, -0.2) is 47.7 Å². The average Bonchev–Trinajstić information content (AvgIpc) is 3.02. The zero-order chi connectivity index (χ0) is 29.1. The highest BCUT2D eigenvalue weighted by molar-refractivity contribution is 8.00. The molecule has 1 saturated heterocycles. The Hall–Kier alpha value is -4.54. The standard InChI is InChI=1S/C32H27NO8S/c1-37-24-11-7-21(8-12-24)17-40-32(36)28-23(18-38-25-13-9-22-10-14-27(34)41-26(22)15-25)19-42-31-29(30(35)33(28)31)39-16-20-5-3-2-4-6-20/h2-15,29,31H,16-19H2,1H3/t29-,31+/m0/s1. The first kappa shape index (κ1) is 27.6. The number of β-lactam (4-membered cyclic amide) rings is 1. The molecule has 3 aromatic carbocycles. The zero-order valence-corrected chi connectivity index (χ0v) is 23.5. The van der Waals surface area contributed by atoms with Crippen molar-refractivity contribution in [2.75, 3.05) is 19.5 Å². The minimum absolute atomic E-state index is 0.0257. The topological polar surface area (TPSA) is 105 Å². The fourth-order valence-corrected chi connectivity index (χ4v) is 6.09. The van der Waals surface area contributed by atoms with Gasteiger partial charge in [0.15, 0.2) is 6.10 Å². The Morgan fingerprint density at radius 3 is 2.43 bits per heavy atom. The van der Waals surface area contributed by atoms with Crippen molar-refractivity contribution in [3.05, 3.63) is 118 Å². The first-order valence-electron chi connectivity index (χ1n) is 13.3. The van der Waals surface area contributed by atoms with Gasteiger partial charge >= 0.3 is 11.6 Å². The van der Waals surface area contributed by atoms with Crippen molar-refractivity contribution in [2.45, 2.75) is 24.7 Å². The van der Waals surface area contributed by atoms with Crippen LogP contribution in [0.3, 0.4) is 0 Å². The normalized spacial score (nSPS) is 17.9. The molecule has 0 unspecified atom stereocenters. The second-order valence-electron chi connectivity index (χ2n) is 9.75. The summed E-state index contributed by atoms with van der Waals surface area (Å²) in [6, 6.07) is 25.0. The zero-order valence-electron chi connectivity index (χ0n) is 22.7. The second kappa shape index (κ2) is 12.1. The summed E-state index contributed by atoms with van der Waals surface area (Å²) in [4.78, 5) is 39.9. The third-order valence-corrected chi connectivity index (χ3v) is 8.32. The summed E-state index contributed by atoms with van der Waals surface area (Å²) in [5.74, 6) is 0.676. The Labute approximate surface area is 245 Å². The van der Waals surface area contributed by atoms with Gasteiger partial charge in [0.25, 0.3) is 5.91 Å². The molecule has 2 aliphatic rings. The van der Waals surface area contributed by atoms with Gasteiger partial charge in [-0.3, -0.25) is 9.69 Å². The summed E-state index contributed by atoms with van der Waals surface area (Å²) >= 11 is 1.51. The number of thioether (sulfide) groups is 1. The van der Waals surface area contributed by atoms with E-state index in [9.17, 15) is 14.4 Å². The quantitative estimate of drug-likeness (QED) is 0.149. The van der Waals surface area contributed by atoms with Gasteiger partial charge in [-0.25, -0.2) is 9.59 Å². The predicted octanol–water partition coefficient (Wildman–Crippen LogP) is 4.68. The van der Waals surface area contributed by atoms with E-state index in [-0.39, 0.29) is 36.8 Å². The number of esters is 1. The summed E-state index contributed by atoms with van der Waals surface area (Å²) in [5.41, 5.74) is 2.45. The summed E-state index contributed by atoms with van der Waals surface area (Å²) < 4.78 is 28.1. The van der Waals surface area contributed by atoms with E-state index in [0.29, 0.717) is 28.4 Å². The van der Waals surface area contributed by atoms with E-state index in [1.54, 1.807) is 43.5 Å². The highest BCUT2D eigenvalue weighted by Crippen LogP contribution is 2.42. The lowest BCUT2D eigenvalue weighted by molar-refractivity contribution is -0.167. The first-order chi connectivity index (χ1) is 20.5. The number of benzene rings is 3. The molecule has 42 heavy (non-hydrogen) atoms. The van der Waals surface area contributed by atoms with Crippen molar-refractivity contribution in [1.29, 1.82) is 0 Å². The van der Waals surface area contributed by atoms with Crippen molar-refractivity contribution in [1.82, 2.24) is 4.90 Å². The van der Waals surface area contributed by atoms with Gasteiger partial charge in [-0.05, 0) is 41.5 Å². The summed E-state index contributed by atoms with van der Waals surface area (Å²) in [7, 11) is 1.58. The lowest BCUT2D eigenvalue weighted by Gasteiger charge is -2.49. The van der Waals surface area contributed by atoms with Crippen LogP contribution in [0, 0.1) is 0 Å². The predicted molar refractivity (Wildman–Crippen MR) is 156 cm³/mol. The first-order valence-corrected chi connectivity index (χ1v) is 14.3. The Balaban J connectivity index is 1.21. The molecule has 214 valence electrons. The monoisotopic (exact) mass is 585 g/mol. The van der Waals surface area contributed by atoms with E-state index in [1.807, 2.05) is 42.5 Å². The summed E-state index contributed by atoms with van der Waals surface area (Å²) in [6.45, 7) is 0.351. The van der Waals surface area contributed by atoms with Crippen LogP contribution in [-0.2, 0) is 32.3 Å². The molecule has 0 radical (unpaired) electrons. The van der Waals surface area contributed by atoms with E-state index >= 15 is 0 Å². The Morgan fingerprint density at radius 2 is 1.64 bits per heavy atom. The van der Waals surface area contributed by atoms with Gasteiger partial charge in [-0.2, -0.15) is 0 Å². The smallest absolute Gasteiger partial charge is 0.355 e. The van der Waals surface area contributed by atoms with Crippen molar-refractivity contribution in [3.8, 4) is 11.5 Å². The van der Waals surface area contributed by atoms with E-state index < -0.39 is 17.7 Å². The number of hydrogen-bond acceptors (Lipinski definition) is 9. The molecule has 2 atom stereocenters. The van der Waals surface area contributed by atoms with Gasteiger partial charge in [0.1, 0.15) is 41.4 Å². The number of carbonyl (C=O) groups excluding carboxylic acids is 2. The van der Waals surface area contributed by atoms with E-state index in [4.69, 9.17) is 23.4 Å². The molecule has 4 aromatic rings. The highest BCUT2D eigenvalue weighted by atomic mass is 32.2. The SMILES string of the molecule is COc1ccc(COC(=O)C2=C(COc3ccc4ccc(=O)oc4c3)CS[C@@H]3[C@@H](OCc4ccccc4)C(=O)N23)cc1. The third kappa shape index (κ3) is 5.77. The molecular weight excluding hydrogens is 558 g/mol. The number of methoxy groups -OCH3 is 1. The van der Waals surface area contributed by atoms with Gasteiger partial charge in [-0.15, -0.1) is 11.8 Å². The van der Waals surface area contributed by atoms with Gasteiger partial charge in [0.2, 0.25) is 0 Å². The van der Waals surface area contributed by atoms with Crippen LogP contribution in [0.5, 0.6) is 11.5 Å². The number of nitrogens with zero attached hydrogens (tertiary/aromatic N) is 1. The Morgan fingerprint density at radius 1 is 0.905 bits per heavy atom. The van der Waals surface area contributed by atoms with Crippen LogP contribution in [0.1, 0.15) is 11.1 Å². The minimum atomic E-state index is -0.676. The van der Waals surface area contributed by atoms with E-state index in [0.717, 1.165) is 16.5 Å². The largest absolute Gasteiger partial charge is 0.497 e. The van der Waals surface area contributed by atoms with Crippen LogP contribution in [0.2, 0.25) is 0 Å². The third-order valence-electron chi connectivity index (χ3n) is 7.00. The fourth-order valence-electron chi connectivity index (χ4n) is 4.77. The molecule has 0 bridgehead atoms. The number of rotatable bonds is 10. The fraction of sp³-hybridized carbons (Fsp3) is 0.219. The molecule has 10 heteroatoms. The van der Waals surface area contributed by atoms with Gasteiger partial charge < -0.3 is 23.4 Å². The Bertz CT molecular complexity index is 1700. The van der Waals surface area contributed by atoms with Crippen molar-refractivity contribution >= 4 is 34.6 Å². The number of carbonyl (C=O) groups is 2. The van der Waals surface area contributed by atoms with Crippen molar-refractivity contribution < 1.29 is 33.0 Å². The molecule has 3 heterocycles. The molecule has 1 aromatic heterocycles. The van der Waals surface area contributed by atoms with Crippen LogP contribution < -0.4 is 15.1 Å². The van der Waals surface area contributed by atoms with Gasteiger partial charge in [0.05, 0.1) is 13.7 Å². The molecule has 1 amide bonds. The van der Waals surface area contributed by atoms with Gasteiger partial charge in [-0.1, -0.05) is 42.5 Å². The molecule has 1 fully saturated rings. The summed E-state index contributed by atoms with van der Waals surface area (Å²) in [6.07, 6.45) is -0.676. The molecule has 0 saturated carbocycles. The average molecular weight is 586 g/mol. The van der Waals surface area contributed by atoms with Crippen LogP contribution in [0.15, 0.2) is 105 Å². The lowest BCUT2D eigenvalue weighted by atomic mass is 10.1. The second-order valence-corrected chi connectivity index (χ2v) is 10.9. The van der Waals surface area contributed by atoms with E-state index in [2.05, 4.69) is 0 Å². The van der Waals surface area contributed by atoms with E-state index in [1.165, 1.54) is 22.7 Å². The minimum Gasteiger partial charge on any atom is -0.497 e. The molecule has 0 N–H and O–H groups in total. The Kier molecular flexibility index (Phi) is 7.98. The molecule has 2 aliphatic heterocycles. The van der Waals surface area contributed by atoms with Crippen molar-refractivity contribution in [2.24, 2.45) is 0 Å². The molecule has 0 spiro atoms. The highest BCUT2D eigenvalue weighted by Gasteiger charge is 2.54. The van der Waals surface area contributed by atoms with Crippen LogP contribution in [0.25, 0.3) is 11.0 Å². The maximum Gasteiger partial charge on any atom is 0.355 e. The van der Waals surface area contributed by atoms with Crippen LogP contribution >= 0.6 is 11.8 Å². The number of ether oxygens (including phenoxy) is 4.